The maximum atomic E-state index is 13.0. The van der Waals surface area contributed by atoms with Gasteiger partial charge in [-0.3, -0.25) is 4.79 Å². The Balaban J connectivity index is 1.94. The summed E-state index contributed by atoms with van der Waals surface area (Å²) in [4.78, 5) is 15.1. The van der Waals surface area contributed by atoms with Crippen molar-refractivity contribution in [2.45, 2.75) is 20.8 Å². The summed E-state index contributed by atoms with van der Waals surface area (Å²) in [5, 5.41) is 17.8. The second-order valence-electron chi connectivity index (χ2n) is 6.39. The van der Waals surface area contributed by atoms with Crippen molar-refractivity contribution < 1.29 is 14.4 Å². The van der Waals surface area contributed by atoms with E-state index < -0.39 is 5.91 Å². The van der Waals surface area contributed by atoms with Gasteiger partial charge >= 0.3 is 0 Å². The lowest BCUT2D eigenvalue weighted by molar-refractivity contribution is 0.102. The number of aromatic nitrogens is 1. The number of nitrogens with one attached hydrogen (secondary N) is 1. The molecule has 0 bridgehead atoms. The highest BCUT2D eigenvalue weighted by Crippen LogP contribution is 2.37. The number of hydrogen-bond acceptors (Lipinski definition) is 5. The maximum absolute atomic E-state index is 13.0. The third kappa shape index (κ3) is 4.18. The van der Waals surface area contributed by atoms with Crippen LogP contribution in [-0.4, -0.2) is 29.3 Å². The van der Waals surface area contributed by atoms with Gasteiger partial charge in [0, 0.05) is 30.4 Å². The Labute approximate surface area is 179 Å². The summed E-state index contributed by atoms with van der Waals surface area (Å²) in [6.45, 7) is 7.31. The zero-order chi connectivity index (χ0) is 21.1. The molecule has 1 heterocycles. The molecule has 0 unspecified atom stereocenters. The van der Waals surface area contributed by atoms with E-state index in [0.29, 0.717) is 21.4 Å². The third-order valence-electron chi connectivity index (χ3n) is 4.65. The van der Waals surface area contributed by atoms with Gasteiger partial charge in [0.05, 0.1) is 15.7 Å². The molecule has 0 spiro atoms. The van der Waals surface area contributed by atoms with Crippen molar-refractivity contribution in [3.8, 4) is 17.0 Å². The van der Waals surface area contributed by atoms with Crippen LogP contribution in [0.3, 0.4) is 0 Å². The predicted octanol–water partition coefficient (Wildman–Crippen LogP) is 5.76. The van der Waals surface area contributed by atoms with Crippen LogP contribution in [0.4, 0.5) is 11.4 Å². The molecule has 0 aliphatic rings. The Hall–Kier alpha value is -2.70. The molecule has 0 aliphatic heterocycles. The first-order valence-corrected chi connectivity index (χ1v) is 9.92. The average Bonchev–Trinajstić information content (AvgIpc) is 3.06. The number of rotatable bonds is 6. The van der Waals surface area contributed by atoms with Gasteiger partial charge in [0.25, 0.3) is 5.91 Å². The molecule has 152 valence electrons. The Bertz CT molecular complexity index is 1030. The molecule has 29 heavy (non-hydrogen) atoms. The van der Waals surface area contributed by atoms with Gasteiger partial charge in [-0.2, -0.15) is 0 Å². The summed E-state index contributed by atoms with van der Waals surface area (Å²) >= 11 is 12.5. The van der Waals surface area contributed by atoms with E-state index >= 15 is 0 Å². The fourth-order valence-corrected chi connectivity index (χ4v) is 3.71. The number of hydrogen-bond donors (Lipinski definition) is 2. The minimum absolute atomic E-state index is 0.0332. The molecule has 6 nitrogen and oxygen atoms in total. The molecule has 1 aromatic heterocycles. The lowest BCUT2D eigenvalue weighted by atomic mass is 10.1. The molecule has 0 saturated heterocycles. The largest absolute Gasteiger partial charge is 0.506 e. The van der Waals surface area contributed by atoms with Crippen LogP contribution in [0.15, 0.2) is 40.9 Å². The first-order chi connectivity index (χ1) is 13.9. The van der Waals surface area contributed by atoms with Crippen LogP contribution >= 0.6 is 23.2 Å². The topological polar surface area (TPSA) is 78.6 Å². The maximum Gasteiger partial charge on any atom is 0.261 e. The molecular weight excluding hydrogens is 413 g/mol. The molecular formula is C21H21Cl2N3O3. The van der Waals surface area contributed by atoms with E-state index in [4.69, 9.17) is 27.7 Å². The summed E-state index contributed by atoms with van der Waals surface area (Å²) in [5.41, 5.74) is 2.01. The average molecular weight is 434 g/mol. The van der Waals surface area contributed by atoms with Gasteiger partial charge in [0.1, 0.15) is 22.8 Å². The summed E-state index contributed by atoms with van der Waals surface area (Å²) in [6, 6.07) is 10.1. The number of anilines is 2. The van der Waals surface area contributed by atoms with Crippen LogP contribution in [0.5, 0.6) is 5.75 Å². The molecule has 2 aromatic carbocycles. The van der Waals surface area contributed by atoms with E-state index in [2.05, 4.69) is 15.4 Å². The Morgan fingerprint density at radius 3 is 2.41 bits per heavy atom. The number of nitrogens with zero attached hydrogens (tertiary/aromatic N) is 2. The summed E-state index contributed by atoms with van der Waals surface area (Å²) in [5.74, 6) is -0.206. The van der Waals surface area contributed by atoms with E-state index in [9.17, 15) is 9.90 Å². The van der Waals surface area contributed by atoms with Crippen LogP contribution in [0.25, 0.3) is 11.3 Å². The highest BCUT2D eigenvalue weighted by molar-refractivity contribution is 6.39. The number of phenolic OH excluding ortho intramolecular Hbond substituents is 1. The van der Waals surface area contributed by atoms with Crippen molar-refractivity contribution in [2.24, 2.45) is 0 Å². The van der Waals surface area contributed by atoms with Gasteiger partial charge in [0.2, 0.25) is 0 Å². The number of amides is 1. The molecule has 1 amide bonds. The highest BCUT2D eigenvalue weighted by atomic mass is 35.5. The molecule has 8 heteroatoms. The van der Waals surface area contributed by atoms with Crippen LogP contribution in [0.1, 0.15) is 30.0 Å². The standard InChI is InChI=1S/C21H21Cl2N3O3/c1-4-26(5-2)13-9-10-16(17(27)11-13)24-21(28)18-12(3)29-25-20(18)19-14(22)7-6-8-15(19)23/h6-11,27H,4-5H2,1-3H3,(H,24,28). The molecule has 2 N–H and O–H groups in total. The number of aryl methyl sites for hydroxylation is 1. The first-order valence-electron chi connectivity index (χ1n) is 9.17. The normalized spacial score (nSPS) is 10.8. The van der Waals surface area contributed by atoms with E-state index in [1.165, 1.54) is 0 Å². The Morgan fingerprint density at radius 1 is 1.17 bits per heavy atom. The highest BCUT2D eigenvalue weighted by Gasteiger charge is 2.25. The minimum atomic E-state index is -0.486. The number of carbonyl (C=O) groups excluding carboxylic acids is 1. The summed E-state index contributed by atoms with van der Waals surface area (Å²) in [6.07, 6.45) is 0. The lowest BCUT2D eigenvalue weighted by Gasteiger charge is -2.21. The molecule has 0 fully saturated rings. The zero-order valence-electron chi connectivity index (χ0n) is 16.3. The van der Waals surface area contributed by atoms with E-state index in [0.717, 1.165) is 18.8 Å². The zero-order valence-corrected chi connectivity index (χ0v) is 17.8. The number of phenols is 1. The Morgan fingerprint density at radius 2 is 1.83 bits per heavy atom. The van der Waals surface area contributed by atoms with Crippen LogP contribution < -0.4 is 10.2 Å². The molecule has 0 atom stereocenters. The third-order valence-corrected chi connectivity index (χ3v) is 5.28. The van der Waals surface area contributed by atoms with Crippen LogP contribution in [-0.2, 0) is 0 Å². The molecule has 0 saturated carbocycles. The molecule has 3 aromatic rings. The summed E-state index contributed by atoms with van der Waals surface area (Å²) < 4.78 is 5.23. The number of carbonyl (C=O) groups is 1. The van der Waals surface area contributed by atoms with Crippen molar-refractivity contribution in [2.75, 3.05) is 23.3 Å². The van der Waals surface area contributed by atoms with Gasteiger partial charge in [0.15, 0.2) is 0 Å². The predicted molar refractivity (Wildman–Crippen MR) is 116 cm³/mol. The quantitative estimate of drug-likeness (QED) is 0.483. The second kappa shape index (κ2) is 8.76. The van der Waals surface area contributed by atoms with Crippen molar-refractivity contribution in [1.82, 2.24) is 5.16 Å². The lowest BCUT2D eigenvalue weighted by Crippen LogP contribution is -2.21. The molecule has 0 radical (unpaired) electrons. The molecule has 0 aliphatic carbocycles. The van der Waals surface area contributed by atoms with E-state index in [1.807, 2.05) is 19.9 Å². The molecule has 3 rings (SSSR count). The monoisotopic (exact) mass is 433 g/mol. The van der Waals surface area contributed by atoms with Gasteiger partial charge in [-0.1, -0.05) is 34.4 Å². The fourth-order valence-electron chi connectivity index (χ4n) is 3.13. The van der Waals surface area contributed by atoms with E-state index in [1.54, 1.807) is 37.3 Å². The fraction of sp³-hybridized carbons (Fsp3) is 0.238. The Kier molecular flexibility index (Phi) is 6.35. The van der Waals surface area contributed by atoms with Crippen molar-refractivity contribution in [3.63, 3.8) is 0 Å². The van der Waals surface area contributed by atoms with Gasteiger partial charge < -0.3 is 19.8 Å². The summed E-state index contributed by atoms with van der Waals surface area (Å²) in [7, 11) is 0. The van der Waals surface area contributed by atoms with Crippen LogP contribution in [0, 0.1) is 6.92 Å². The van der Waals surface area contributed by atoms with E-state index in [-0.39, 0.29) is 22.7 Å². The van der Waals surface area contributed by atoms with Crippen molar-refractivity contribution in [3.05, 3.63) is 57.8 Å². The second-order valence-corrected chi connectivity index (χ2v) is 7.20. The van der Waals surface area contributed by atoms with Crippen molar-refractivity contribution in [1.29, 1.82) is 0 Å². The SMILES string of the molecule is CCN(CC)c1ccc(NC(=O)c2c(-c3c(Cl)cccc3Cl)noc2C)c(O)c1. The van der Waals surface area contributed by atoms with Crippen molar-refractivity contribution >= 4 is 40.5 Å². The van der Waals surface area contributed by atoms with Gasteiger partial charge in [-0.05, 0) is 45.0 Å². The number of aromatic hydroxyl groups is 1. The smallest absolute Gasteiger partial charge is 0.261 e. The van der Waals surface area contributed by atoms with Gasteiger partial charge in [-0.15, -0.1) is 0 Å². The number of halogens is 2. The van der Waals surface area contributed by atoms with Crippen LogP contribution in [0.2, 0.25) is 10.0 Å². The minimum Gasteiger partial charge on any atom is -0.506 e. The first kappa shape index (κ1) is 21.0. The van der Waals surface area contributed by atoms with Gasteiger partial charge in [-0.25, -0.2) is 0 Å². The number of benzene rings is 2.